The molecule has 0 bridgehead atoms. The minimum Gasteiger partial charge on any atom is -0.240 e. The Labute approximate surface area is 91.5 Å². The number of rotatable bonds is 4. The van der Waals surface area contributed by atoms with E-state index in [1.54, 1.807) is 12.1 Å². The van der Waals surface area contributed by atoms with Crippen molar-refractivity contribution in [1.82, 2.24) is 0 Å². The molecule has 1 atom stereocenters. The van der Waals surface area contributed by atoms with Gasteiger partial charge in [-0.25, -0.2) is 8.57 Å². The van der Waals surface area contributed by atoms with E-state index in [0.717, 1.165) is 5.57 Å². The van der Waals surface area contributed by atoms with Crippen LogP contribution in [-0.2, 0) is 9.73 Å². The Balaban J connectivity index is 3.17. The van der Waals surface area contributed by atoms with Crippen molar-refractivity contribution in [3.8, 4) is 0 Å². The highest BCUT2D eigenvalue weighted by Gasteiger charge is 2.06. The maximum atomic E-state index is 12.3. The summed E-state index contributed by atoms with van der Waals surface area (Å²) < 4.78 is 16.5. The molecule has 0 amide bonds. The summed E-state index contributed by atoms with van der Waals surface area (Å²) in [4.78, 5) is 0.696. The highest BCUT2D eigenvalue weighted by Crippen LogP contribution is 2.14. The summed E-state index contributed by atoms with van der Waals surface area (Å²) in [5.74, 6) is 0. The summed E-state index contributed by atoms with van der Waals surface area (Å²) in [6, 6.07) is 9.16. The van der Waals surface area contributed by atoms with Crippen molar-refractivity contribution in [3.63, 3.8) is 0 Å². The molecule has 1 rings (SSSR count). The topological polar surface area (TPSA) is 29.4 Å². The Hall–Kier alpha value is -1.35. The molecule has 15 heavy (non-hydrogen) atoms. The van der Waals surface area contributed by atoms with Gasteiger partial charge in [-0.15, -0.1) is 0 Å². The summed E-state index contributed by atoms with van der Waals surface area (Å²) in [5.41, 5.74) is 0.889. The van der Waals surface area contributed by atoms with Gasteiger partial charge in [0.1, 0.15) is 0 Å². The van der Waals surface area contributed by atoms with Gasteiger partial charge >= 0.3 is 0 Å². The Morgan fingerprint density at radius 3 is 2.53 bits per heavy atom. The van der Waals surface area contributed by atoms with Crippen LogP contribution in [0, 0.1) is 0 Å². The molecule has 0 aliphatic carbocycles. The molecule has 1 aromatic carbocycles. The molecule has 0 N–H and O–H groups in total. The Morgan fingerprint density at radius 1 is 1.47 bits per heavy atom. The zero-order chi connectivity index (χ0) is 11.3. The van der Waals surface area contributed by atoms with Gasteiger partial charge in [0.05, 0.1) is 21.2 Å². The Bertz CT molecular complexity index is 468. The highest BCUT2D eigenvalue weighted by atomic mass is 32.2. The average Bonchev–Trinajstić information content (AvgIpc) is 2.27. The summed E-state index contributed by atoms with van der Waals surface area (Å²) >= 11 is 0. The molecule has 80 valence electrons. The molecule has 2 nitrogen and oxygen atoms in total. The van der Waals surface area contributed by atoms with Gasteiger partial charge in [0, 0.05) is 5.41 Å². The molecule has 0 heterocycles. The minimum atomic E-state index is -2.47. The van der Waals surface area contributed by atoms with Gasteiger partial charge in [0.15, 0.2) is 0 Å². The fourth-order valence-electron chi connectivity index (χ4n) is 1.05. The van der Waals surface area contributed by atoms with Gasteiger partial charge in [0.2, 0.25) is 0 Å². The highest BCUT2D eigenvalue weighted by molar-refractivity contribution is 7.96. The third-order valence-electron chi connectivity index (χ3n) is 1.83. The summed E-state index contributed by atoms with van der Waals surface area (Å²) in [6.07, 6.45) is 0. The summed E-state index contributed by atoms with van der Waals surface area (Å²) in [6.45, 7) is 9.58. The van der Waals surface area contributed by atoms with E-state index in [0.29, 0.717) is 11.4 Å². The molecule has 0 saturated heterocycles. The van der Waals surface area contributed by atoms with E-state index in [2.05, 4.69) is 17.5 Å². The Morgan fingerprint density at radius 2 is 2.07 bits per heavy atom. The monoisotopic (exact) mass is 221 g/mol. The predicted octanol–water partition coefficient (Wildman–Crippen LogP) is 3.23. The average molecular weight is 221 g/mol. The van der Waals surface area contributed by atoms with Crippen LogP contribution < -0.4 is 0 Å². The largest absolute Gasteiger partial charge is 0.240 e. The second-order valence-electron chi connectivity index (χ2n) is 3.29. The third kappa shape index (κ3) is 3.06. The van der Waals surface area contributed by atoms with Crippen molar-refractivity contribution in [2.75, 3.05) is 6.54 Å². The van der Waals surface area contributed by atoms with Crippen LogP contribution >= 0.6 is 0 Å². The van der Waals surface area contributed by atoms with Crippen LogP contribution in [0.25, 0.3) is 0 Å². The van der Waals surface area contributed by atoms with Crippen LogP contribution in [0.5, 0.6) is 0 Å². The maximum Gasteiger partial charge on any atom is 0.0966 e. The zero-order valence-electron chi connectivity index (χ0n) is 8.85. The van der Waals surface area contributed by atoms with E-state index in [1.165, 1.54) is 5.41 Å². The maximum absolute atomic E-state index is 12.3. The lowest BCUT2D eigenvalue weighted by atomic mass is 10.4. The first kappa shape index (κ1) is 11.7. The molecular formula is C12H15NOS. The van der Waals surface area contributed by atoms with E-state index >= 15 is 0 Å². The van der Waals surface area contributed by atoms with E-state index in [9.17, 15) is 4.21 Å². The van der Waals surface area contributed by atoms with Crippen molar-refractivity contribution >= 4 is 9.73 Å². The number of hydrogen-bond acceptors (Lipinski definition) is 2. The number of nitrogens with zero attached hydrogens (tertiary/aromatic N) is 1. The van der Waals surface area contributed by atoms with Gasteiger partial charge < -0.3 is 0 Å². The van der Waals surface area contributed by atoms with Crippen LogP contribution in [0.1, 0.15) is 6.92 Å². The molecule has 0 aliphatic rings. The van der Waals surface area contributed by atoms with E-state index < -0.39 is 9.73 Å². The van der Waals surface area contributed by atoms with Gasteiger partial charge in [0.25, 0.3) is 0 Å². The lowest BCUT2D eigenvalue weighted by Crippen LogP contribution is -1.97. The molecule has 3 heteroatoms. The third-order valence-corrected chi connectivity index (χ3v) is 3.75. The number of benzene rings is 1. The van der Waals surface area contributed by atoms with Crippen LogP contribution in [0.2, 0.25) is 0 Å². The van der Waals surface area contributed by atoms with Crippen molar-refractivity contribution in [2.45, 2.75) is 11.8 Å². The minimum absolute atomic E-state index is 0.403. The smallest absolute Gasteiger partial charge is 0.0966 e. The van der Waals surface area contributed by atoms with Crippen LogP contribution in [0.15, 0.2) is 63.7 Å². The normalized spacial score (nSPS) is 13.9. The van der Waals surface area contributed by atoms with Crippen molar-refractivity contribution in [2.24, 2.45) is 4.36 Å². The van der Waals surface area contributed by atoms with Crippen molar-refractivity contribution < 1.29 is 4.21 Å². The molecule has 1 unspecified atom stereocenters. The molecule has 0 spiro atoms. The van der Waals surface area contributed by atoms with Gasteiger partial charge in [-0.05, 0) is 19.1 Å². The summed E-state index contributed by atoms with van der Waals surface area (Å²) in [7, 11) is -2.47. The molecule has 0 radical (unpaired) electrons. The van der Waals surface area contributed by atoms with Crippen LogP contribution in [-0.4, -0.2) is 10.8 Å². The zero-order valence-corrected chi connectivity index (χ0v) is 9.67. The molecule has 0 aromatic heterocycles. The lowest BCUT2D eigenvalue weighted by molar-refractivity contribution is 0.681. The quantitative estimate of drug-likeness (QED) is 0.718. The molecule has 1 aromatic rings. The first-order chi connectivity index (χ1) is 7.08. The fraction of sp³-hybridized carbons (Fsp3) is 0.167. The molecule has 0 aliphatic heterocycles. The van der Waals surface area contributed by atoms with Crippen LogP contribution in [0.4, 0.5) is 0 Å². The fourth-order valence-corrected chi connectivity index (χ4v) is 2.45. The number of hydrogen-bond donors (Lipinski definition) is 0. The first-order valence-electron chi connectivity index (χ1n) is 4.63. The lowest BCUT2D eigenvalue weighted by Gasteiger charge is -2.04. The van der Waals surface area contributed by atoms with Crippen molar-refractivity contribution in [1.29, 1.82) is 0 Å². The molecular weight excluding hydrogens is 206 g/mol. The van der Waals surface area contributed by atoms with Crippen molar-refractivity contribution in [3.05, 3.63) is 54.5 Å². The van der Waals surface area contributed by atoms with E-state index in [4.69, 9.17) is 0 Å². The van der Waals surface area contributed by atoms with Gasteiger partial charge in [-0.1, -0.05) is 36.9 Å². The van der Waals surface area contributed by atoms with Gasteiger partial charge in [-0.3, -0.25) is 0 Å². The van der Waals surface area contributed by atoms with E-state index in [1.807, 2.05) is 25.1 Å². The first-order valence-corrected chi connectivity index (χ1v) is 6.21. The Kier molecular flexibility index (Phi) is 3.86. The summed E-state index contributed by atoms with van der Waals surface area (Å²) in [5, 5.41) is 1.41. The standard InChI is InChI=1S/C12H15NOS/c1-4-15(14,13-10-11(2)3)12-8-6-5-7-9-12/h4-9H,1-2,10H2,3H3. The van der Waals surface area contributed by atoms with Gasteiger partial charge in [-0.2, -0.15) is 0 Å². The predicted molar refractivity (Wildman–Crippen MR) is 65.2 cm³/mol. The second kappa shape index (κ2) is 4.94. The van der Waals surface area contributed by atoms with E-state index in [-0.39, 0.29) is 0 Å². The molecule has 0 saturated carbocycles. The van der Waals surface area contributed by atoms with Crippen LogP contribution in [0.3, 0.4) is 0 Å². The SMILES string of the molecule is C=CS(=O)(=NCC(=C)C)c1ccccc1. The second-order valence-corrected chi connectivity index (χ2v) is 5.49. The molecule has 0 fully saturated rings.